The molecule has 2 aromatic carbocycles. The van der Waals surface area contributed by atoms with E-state index in [-0.39, 0.29) is 5.56 Å². The highest BCUT2D eigenvalue weighted by Gasteiger charge is 2.53. The van der Waals surface area contributed by atoms with Gasteiger partial charge in [-0.25, -0.2) is 13.6 Å². The first-order chi connectivity index (χ1) is 16.2. The molecule has 34 heavy (non-hydrogen) atoms. The third-order valence-corrected chi connectivity index (χ3v) is 7.82. The highest BCUT2D eigenvalue weighted by Crippen LogP contribution is 2.41. The maximum absolute atomic E-state index is 13.5. The van der Waals surface area contributed by atoms with Crippen LogP contribution in [0.5, 0.6) is 5.75 Å². The Hall–Kier alpha value is -2.77. The second-order valence-electron chi connectivity index (χ2n) is 9.34. The van der Waals surface area contributed by atoms with E-state index in [9.17, 15) is 18.7 Å². The molecule has 0 atom stereocenters. The van der Waals surface area contributed by atoms with Crippen molar-refractivity contribution in [3.8, 4) is 16.2 Å². The Balaban J connectivity index is 1.22. The summed E-state index contributed by atoms with van der Waals surface area (Å²) in [5.41, 5.74) is 2.46. The largest absolute Gasteiger partial charge is 0.478 e. The summed E-state index contributed by atoms with van der Waals surface area (Å²) in [5, 5.41) is 9.38. The van der Waals surface area contributed by atoms with Crippen molar-refractivity contribution in [2.75, 3.05) is 13.1 Å². The number of halogens is 2. The molecule has 7 heteroatoms. The van der Waals surface area contributed by atoms with Gasteiger partial charge in [0.2, 0.25) is 5.60 Å². The van der Waals surface area contributed by atoms with Crippen LogP contribution in [0.4, 0.5) is 8.78 Å². The minimum absolute atomic E-state index is 0.0287. The molecule has 0 bridgehead atoms. The lowest BCUT2D eigenvalue weighted by Crippen LogP contribution is -2.29. The van der Waals surface area contributed by atoms with Crippen LogP contribution in [0.1, 0.15) is 41.3 Å². The highest BCUT2D eigenvalue weighted by atomic mass is 32.1. The summed E-state index contributed by atoms with van der Waals surface area (Å²) in [6.07, 6.45) is 2.94. The van der Waals surface area contributed by atoms with Crippen LogP contribution in [-0.4, -0.2) is 34.7 Å². The molecular formula is C27H27F2NO3S. The van der Waals surface area contributed by atoms with Gasteiger partial charge in [-0.05, 0) is 53.8 Å². The summed E-state index contributed by atoms with van der Waals surface area (Å²) in [6, 6.07) is 16.7. The Labute approximate surface area is 201 Å². The first kappa shape index (κ1) is 23.0. The number of ether oxygens (including phenoxy) is 1. The van der Waals surface area contributed by atoms with Crippen LogP contribution in [0.15, 0.2) is 54.6 Å². The number of carboxylic acid groups (broad SMARTS) is 1. The van der Waals surface area contributed by atoms with Gasteiger partial charge in [0.05, 0.1) is 0 Å². The fourth-order valence-corrected chi connectivity index (χ4v) is 5.49. The Kier molecular flexibility index (Phi) is 5.94. The van der Waals surface area contributed by atoms with Gasteiger partial charge in [-0.15, -0.1) is 11.3 Å². The van der Waals surface area contributed by atoms with Crippen LogP contribution in [0.2, 0.25) is 0 Å². The van der Waals surface area contributed by atoms with Crippen LogP contribution in [-0.2, 0) is 30.1 Å². The number of fused-ring (bicyclic) bond motifs is 1. The summed E-state index contributed by atoms with van der Waals surface area (Å²) in [7, 11) is 0. The minimum atomic E-state index is -2.83. The zero-order chi connectivity index (χ0) is 23.9. The first-order valence-electron chi connectivity index (χ1n) is 11.6. The smallest absolute Gasteiger partial charge is 0.348 e. The standard InChI is InChI=1S/C27H27F2NO3S/c1-26(28,29)21-5-2-19(3-6-21)24-9-8-23(34-24)17-30-14-10-18-4-7-22(16-20(18)11-15-30)33-27(12-13-27)25(31)32/h2-9,16H,10-15,17H2,1H3,(H,31,32). The number of carboxylic acids is 1. The number of nitrogens with zero attached hydrogens (tertiary/aromatic N) is 1. The zero-order valence-electron chi connectivity index (χ0n) is 19.0. The van der Waals surface area contributed by atoms with Crippen LogP contribution < -0.4 is 4.74 Å². The molecule has 0 spiro atoms. The molecule has 4 nitrogen and oxygen atoms in total. The average molecular weight is 484 g/mol. The zero-order valence-corrected chi connectivity index (χ0v) is 19.8. The Morgan fingerprint density at radius 2 is 1.76 bits per heavy atom. The van der Waals surface area contributed by atoms with Gasteiger partial charge in [0.15, 0.2) is 0 Å². The fraction of sp³-hybridized carbons (Fsp3) is 0.370. The van der Waals surface area contributed by atoms with E-state index in [0.717, 1.165) is 49.8 Å². The van der Waals surface area contributed by atoms with Crippen LogP contribution in [0.3, 0.4) is 0 Å². The van der Waals surface area contributed by atoms with Crippen molar-refractivity contribution < 1.29 is 23.4 Å². The summed E-state index contributed by atoms with van der Waals surface area (Å²) in [4.78, 5) is 16.2. The number of alkyl halides is 2. The van der Waals surface area contributed by atoms with Gasteiger partial charge in [0.25, 0.3) is 5.92 Å². The molecule has 1 saturated carbocycles. The Morgan fingerprint density at radius 3 is 2.41 bits per heavy atom. The molecule has 1 aliphatic carbocycles. The highest BCUT2D eigenvalue weighted by molar-refractivity contribution is 7.15. The lowest BCUT2D eigenvalue weighted by Gasteiger charge is -2.18. The summed E-state index contributed by atoms with van der Waals surface area (Å²) in [5.74, 6) is -3.07. The van der Waals surface area contributed by atoms with E-state index < -0.39 is 17.5 Å². The third kappa shape index (κ3) is 4.86. The van der Waals surface area contributed by atoms with Crippen molar-refractivity contribution in [1.29, 1.82) is 0 Å². The monoisotopic (exact) mass is 483 g/mol. The van der Waals surface area contributed by atoms with Gasteiger partial charge in [-0.1, -0.05) is 30.3 Å². The Bertz CT molecular complexity index is 1200. The second kappa shape index (κ2) is 8.78. The van der Waals surface area contributed by atoms with Gasteiger partial charge in [0, 0.05) is 54.7 Å². The maximum atomic E-state index is 13.5. The number of thiophene rings is 1. The molecule has 0 radical (unpaired) electrons. The van der Waals surface area contributed by atoms with Crippen molar-refractivity contribution >= 4 is 17.3 Å². The minimum Gasteiger partial charge on any atom is -0.478 e. The average Bonchev–Trinajstić information content (AvgIpc) is 3.49. The number of benzene rings is 2. The van der Waals surface area contributed by atoms with E-state index in [4.69, 9.17) is 4.74 Å². The summed E-state index contributed by atoms with van der Waals surface area (Å²) in [6.45, 7) is 3.61. The Morgan fingerprint density at radius 1 is 1.06 bits per heavy atom. The SMILES string of the molecule is CC(F)(F)c1ccc(-c2ccc(CN3CCc4ccc(OC5(C(=O)O)CC5)cc4CC3)s2)cc1. The van der Waals surface area contributed by atoms with Crippen molar-refractivity contribution in [2.45, 2.75) is 50.7 Å². The molecule has 0 unspecified atom stereocenters. The molecule has 3 aromatic rings. The molecule has 2 heterocycles. The fourth-order valence-electron chi connectivity index (χ4n) is 4.43. The number of hydrogen-bond acceptors (Lipinski definition) is 4. The number of carbonyl (C=O) groups is 1. The second-order valence-corrected chi connectivity index (χ2v) is 10.5. The lowest BCUT2D eigenvalue weighted by molar-refractivity contribution is -0.147. The molecule has 1 aromatic heterocycles. The van der Waals surface area contributed by atoms with E-state index in [1.165, 1.54) is 28.1 Å². The van der Waals surface area contributed by atoms with Crippen molar-refractivity contribution in [2.24, 2.45) is 0 Å². The summed E-state index contributed by atoms with van der Waals surface area (Å²) < 4.78 is 32.8. The molecule has 0 amide bonds. The molecule has 1 N–H and O–H groups in total. The van der Waals surface area contributed by atoms with E-state index in [2.05, 4.69) is 23.1 Å². The molecule has 5 rings (SSSR count). The van der Waals surface area contributed by atoms with Gasteiger partial charge in [-0.3, -0.25) is 4.90 Å². The van der Waals surface area contributed by atoms with E-state index >= 15 is 0 Å². The van der Waals surface area contributed by atoms with E-state index in [1.807, 2.05) is 12.1 Å². The molecule has 2 aliphatic rings. The van der Waals surface area contributed by atoms with Gasteiger partial charge in [0.1, 0.15) is 5.75 Å². The molecular weight excluding hydrogens is 456 g/mol. The number of hydrogen-bond donors (Lipinski definition) is 1. The normalized spacial score (nSPS) is 17.6. The quantitative estimate of drug-likeness (QED) is 0.440. The van der Waals surface area contributed by atoms with Gasteiger partial charge < -0.3 is 9.84 Å². The predicted molar refractivity (Wildman–Crippen MR) is 129 cm³/mol. The van der Waals surface area contributed by atoms with Crippen LogP contribution in [0.25, 0.3) is 10.4 Å². The van der Waals surface area contributed by atoms with E-state index in [1.54, 1.807) is 23.5 Å². The predicted octanol–water partition coefficient (Wildman–Crippen LogP) is 6.12. The van der Waals surface area contributed by atoms with Gasteiger partial charge in [-0.2, -0.15) is 0 Å². The maximum Gasteiger partial charge on any atom is 0.348 e. The first-order valence-corrected chi connectivity index (χ1v) is 12.4. The molecule has 0 saturated heterocycles. The van der Waals surface area contributed by atoms with Crippen molar-refractivity contribution in [3.63, 3.8) is 0 Å². The van der Waals surface area contributed by atoms with Crippen molar-refractivity contribution in [1.82, 2.24) is 4.90 Å². The molecule has 178 valence electrons. The topological polar surface area (TPSA) is 49.8 Å². The van der Waals surface area contributed by atoms with E-state index in [0.29, 0.717) is 18.6 Å². The van der Waals surface area contributed by atoms with Gasteiger partial charge >= 0.3 is 5.97 Å². The summed E-state index contributed by atoms with van der Waals surface area (Å²) >= 11 is 1.70. The molecule has 1 fully saturated rings. The van der Waals surface area contributed by atoms with Crippen LogP contribution in [0, 0.1) is 0 Å². The third-order valence-electron chi connectivity index (χ3n) is 6.70. The number of aliphatic carboxylic acids is 1. The van der Waals surface area contributed by atoms with Crippen LogP contribution >= 0.6 is 11.3 Å². The number of rotatable bonds is 7. The molecule has 1 aliphatic heterocycles. The van der Waals surface area contributed by atoms with Crippen molar-refractivity contribution in [3.05, 3.63) is 76.2 Å². The lowest BCUT2D eigenvalue weighted by atomic mass is 10.0.